The molecule has 2 fully saturated rings. The number of ketones is 2. The first-order valence-corrected chi connectivity index (χ1v) is 17.0. The molecule has 11 heteroatoms. The second-order valence-corrected chi connectivity index (χ2v) is 14.4. The summed E-state index contributed by atoms with van der Waals surface area (Å²) in [5.41, 5.74) is 9.12. The number of carbonyl (C=O) groups excluding carboxylic acids is 4. The summed E-state index contributed by atoms with van der Waals surface area (Å²) in [5.74, 6) is -0.631. The normalized spacial score (nSPS) is 28.9. The molecule has 0 saturated heterocycles. The number of nitrogens with one attached hydrogen (secondary N) is 1. The van der Waals surface area contributed by atoms with Gasteiger partial charge in [-0.25, -0.2) is 0 Å². The number of azide groups is 1. The third-order valence-electron chi connectivity index (χ3n) is 11.9. The second kappa shape index (κ2) is 15.1. The van der Waals surface area contributed by atoms with Gasteiger partial charge >= 0.3 is 5.97 Å². The number of benzene rings is 1. The van der Waals surface area contributed by atoms with E-state index in [4.69, 9.17) is 26.6 Å². The molecule has 0 spiro atoms. The molecule has 254 valence electrons. The fourth-order valence-corrected chi connectivity index (χ4v) is 8.59. The highest BCUT2D eigenvalue weighted by atomic mass is 35.5. The topological polar surface area (TPSA) is 148 Å². The van der Waals surface area contributed by atoms with Crippen molar-refractivity contribution in [3.63, 3.8) is 0 Å². The molecular formula is C36H47ClN4O6. The van der Waals surface area contributed by atoms with Crippen LogP contribution in [0, 0.1) is 28.1 Å². The lowest BCUT2D eigenvalue weighted by atomic mass is 9.37. The number of unbranched alkanes of at least 4 members (excludes halogenated alkanes) is 2. The van der Waals surface area contributed by atoms with Crippen LogP contribution in [0.3, 0.4) is 0 Å². The van der Waals surface area contributed by atoms with Crippen LogP contribution in [0.15, 0.2) is 51.8 Å². The molecule has 0 heterocycles. The van der Waals surface area contributed by atoms with Gasteiger partial charge in [0.2, 0.25) is 11.6 Å². The highest BCUT2D eigenvalue weighted by Crippen LogP contribution is 2.70. The van der Waals surface area contributed by atoms with Gasteiger partial charge in [-0.3, -0.25) is 19.2 Å². The zero-order valence-electron chi connectivity index (χ0n) is 28.2. The first-order chi connectivity index (χ1) is 22.3. The predicted octanol–water partition coefficient (Wildman–Crippen LogP) is 8.28. The number of amides is 1. The van der Waals surface area contributed by atoms with E-state index in [0.717, 1.165) is 44.9 Å². The van der Waals surface area contributed by atoms with Crippen molar-refractivity contribution in [1.82, 2.24) is 5.32 Å². The zero-order chi connectivity index (χ0) is 34.4. The average Bonchev–Trinajstić information content (AvgIpc) is 3.05. The van der Waals surface area contributed by atoms with E-state index in [0.29, 0.717) is 49.2 Å². The fourth-order valence-electron chi connectivity index (χ4n) is 8.38. The lowest BCUT2D eigenvalue weighted by Crippen LogP contribution is -2.61. The molecule has 2 unspecified atom stereocenters. The summed E-state index contributed by atoms with van der Waals surface area (Å²) >= 11 is 6.49. The SMILES string of the molecule is COC1=CC(=O)C(Cl)=C(CC2(C)[C@@H](C)CC[C@]3(C)C(COC(=O)CCCCCNC(=O)c4ccc(N=[N+]=[N-])cc4)CCC[C@@]23C)C1=O. The Bertz CT molecular complexity index is 1500. The highest BCUT2D eigenvalue weighted by molar-refractivity contribution is 6.48. The number of fused-ring (bicyclic) bond motifs is 1. The van der Waals surface area contributed by atoms with E-state index in [-0.39, 0.29) is 56.5 Å². The summed E-state index contributed by atoms with van der Waals surface area (Å²) in [6.07, 6.45) is 8.97. The zero-order valence-corrected chi connectivity index (χ0v) is 29.0. The number of methoxy groups -OCH3 is 1. The maximum absolute atomic E-state index is 13.3. The Kier molecular flexibility index (Phi) is 11.6. The van der Waals surface area contributed by atoms with E-state index < -0.39 is 5.78 Å². The standard InChI is InChI=1S/C36H47ClN4O6/c1-23-16-18-34(2)25(10-9-17-36(34,4)35(23,3)21-27-31(37)28(42)20-29(46-5)32(27)44)22-47-30(43)11-7-6-8-19-39-33(45)24-12-14-26(15-13-24)40-41-38/h12-15,20,23,25H,6-11,16-19,21-22H2,1-5H3,(H,39,45)/t23-,25?,34+,35?,36+/m0/s1. The largest absolute Gasteiger partial charge is 0.493 e. The maximum Gasteiger partial charge on any atom is 0.305 e. The first-order valence-electron chi connectivity index (χ1n) is 16.6. The maximum atomic E-state index is 13.3. The molecule has 1 aromatic rings. The molecule has 1 N–H and O–H groups in total. The number of halogens is 1. The number of ether oxygens (including phenoxy) is 2. The van der Waals surface area contributed by atoms with Crippen LogP contribution in [-0.2, 0) is 23.9 Å². The van der Waals surface area contributed by atoms with Crippen molar-refractivity contribution in [2.75, 3.05) is 20.3 Å². The van der Waals surface area contributed by atoms with E-state index in [1.54, 1.807) is 24.3 Å². The van der Waals surface area contributed by atoms with Crippen LogP contribution in [0.25, 0.3) is 10.4 Å². The Labute approximate surface area is 282 Å². The minimum Gasteiger partial charge on any atom is -0.493 e. The third kappa shape index (κ3) is 7.29. The molecule has 47 heavy (non-hydrogen) atoms. The summed E-state index contributed by atoms with van der Waals surface area (Å²) in [4.78, 5) is 53.8. The van der Waals surface area contributed by atoms with Crippen LogP contribution in [0.1, 0.15) is 102 Å². The Hall–Kier alpha value is -3.62. The minimum atomic E-state index is -0.397. The van der Waals surface area contributed by atoms with Crippen molar-refractivity contribution in [3.05, 3.63) is 62.7 Å². The van der Waals surface area contributed by atoms with Gasteiger partial charge in [0.15, 0.2) is 5.76 Å². The third-order valence-corrected chi connectivity index (χ3v) is 12.3. The van der Waals surface area contributed by atoms with Crippen LogP contribution in [-0.4, -0.2) is 43.7 Å². The van der Waals surface area contributed by atoms with E-state index in [1.807, 2.05) is 0 Å². The molecule has 3 aliphatic carbocycles. The number of esters is 1. The van der Waals surface area contributed by atoms with Gasteiger partial charge in [-0.05, 0) is 90.7 Å². The molecule has 0 aliphatic heterocycles. The van der Waals surface area contributed by atoms with Gasteiger partial charge in [-0.15, -0.1) is 0 Å². The quantitative estimate of drug-likeness (QED) is 0.0559. The van der Waals surface area contributed by atoms with E-state index in [9.17, 15) is 19.2 Å². The summed E-state index contributed by atoms with van der Waals surface area (Å²) in [5, 5.41) is 6.36. The van der Waals surface area contributed by atoms with Crippen LogP contribution < -0.4 is 5.32 Å². The van der Waals surface area contributed by atoms with E-state index >= 15 is 0 Å². The Balaban J connectivity index is 1.30. The number of rotatable bonds is 13. The lowest BCUT2D eigenvalue weighted by Gasteiger charge is -2.67. The molecular weight excluding hydrogens is 620 g/mol. The van der Waals surface area contributed by atoms with Gasteiger partial charge in [0, 0.05) is 40.8 Å². The minimum absolute atomic E-state index is 0.0121. The number of carbonyl (C=O) groups is 4. The summed E-state index contributed by atoms with van der Waals surface area (Å²) in [7, 11) is 1.39. The van der Waals surface area contributed by atoms with E-state index in [1.165, 1.54) is 13.2 Å². The molecule has 0 bridgehead atoms. The summed E-state index contributed by atoms with van der Waals surface area (Å²) in [6.45, 7) is 9.98. The van der Waals surface area contributed by atoms with Crippen LogP contribution in [0.5, 0.6) is 0 Å². The van der Waals surface area contributed by atoms with Crippen LogP contribution >= 0.6 is 11.6 Å². The Morgan fingerprint density at radius 2 is 1.81 bits per heavy atom. The fraction of sp³-hybridized carbons (Fsp3) is 0.611. The van der Waals surface area contributed by atoms with Gasteiger partial charge in [-0.1, -0.05) is 69.4 Å². The molecule has 0 aromatic heterocycles. The van der Waals surface area contributed by atoms with Crippen molar-refractivity contribution in [1.29, 1.82) is 0 Å². The lowest BCUT2D eigenvalue weighted by molar-refractivity contribution is -0.194. The van der Waals surface area contributed by atoms with Crippen molar-refractivity contribution < 1.29 is 28.7 Å². The van der Waals surface area contributed by atoms with Crippen molar-refractivity contribution in [2.24, 2.45) is 33.2 Å². The molecule has 0 radical (unpaired) electrons. The molecule has 4 rings (SSSR count). The van der Waals surface area contributed by atoms with Crippen molar-refractivity contribution >= 4 is 40.7 Å². The monoisotopic (exact) mass is 666 g/mol. The number of hydrogen-bond acceptors (Lipinski definition) is 7. The molecule has 2 saturated carbocycles. The van der Waals surface area contributed by atoms with Crippen LogP contribution in [0.2, 0.25) is 0 Å². The van der Waals surface area contributed by atoms with Gasteiger partial charge in [0.1, 0.15) is 0 Å². The van der Waals surface area contributed by atoms with E-state index in [2.05, 4.69) is 43.0 Å². The smallest absolute Gasteiger partial charge is 0.305 e. The van der Waals surface area contributed by atoms with Crippen molar-refractivity contribution in [2.45, 2.75) is 91.9 Å². The van der Waals surface area contributed by atoms with Gasteiger partial charge in [-0.2, -0.15) is 0 Å². The predicted molar refractivity (Wildman–Crippen MR) is 180 cm³/mol. The summed E-state index contributed by atoms with van der Waals surface area (Å²) in [6, 6.07) is 6.41. The number of allylic oxidation sites excluding steroid dienone is 3. The first kappa shape index (κ1) is 36.2. The second-order valence-electron chi connectivity index (χ2n) is 14.1. The average molecular weight is 667 g/mol. The number of Topliss-reactive ketones (excluding diaryl/α,β-unsaturated/α-hetero) is 1. The molecule has 10 nitrogen and oxygen atoms in total. The van der Waals surface area contributed by atoms with Gasteiger partial charge in [0.05, 0.1) is 18.7 Å². The van der Waals surface area contributed by atoms with Crippen LogP contribution in [0.4, 0.5) is 5.69 Å². The number of hydrogen-bond donors (Lipinski definition) is 1. The highest BCUT2D eigenvalue weighted by Gasteiger charge is 2.64. The Morgan fingerprint density at radius 1 is 1.09 bits per heavy atom. The molecule has 1 amide bonds. The number of nitrogens with zero attached hydrogens (tertiary/aromatic N) is 3. The summed E-state index contributed by atoms with van der Waals surface area (Å²) < 4.78 is 11.1. The molecule has 3 aliphatic rings. The Morgan fingerprint density at radius 3 is 2.49 bits per heavy atom. The van der Waals surface area contributed by atoms with Crippen molar-refractivity contribution in [3.8, 4) is 0 Å². The molecule has 1 aromatic carbocycles. The van der Waals surface area contributed by atoms with Gasteiger partial charge in [0.25, 0.3) is 5.91 Å². The van der Waals surface area contributed by atoms with Gasteiger partial charge < -0.3 is 14.8 Å². The molecule has 5 atom stereocenters.